The van der Waals surface area contributed by atoms with Gasteiger partial charge in [0.2, 0.25) is 0 Å². The van der Waals surface area contributed by atoms with Crippen molar-refractivity contribution in [2.45, 2.75) is 6.42 Å². The largest absolute Gasteiger partial charge is 0.294 e. The van der Waals surface area contributed by atoms with Crippen LogP contribution < -0.4 is 0 Å². The molecule has 0 bridgehead atoms. The van der Waals surface area contributed by atoms with Crippen LogP contribution >= 0.6 is 11.6 Å². The maximum atomic E-state index is 12.4. The lowest BCUT2D eigenvalue weighted by Crippen LogP contribution is -1.93. The minimum absolute atomic E-state index is 0.206. The lowest BCUT2D eigenvalue weighted by Gasteiger charge is -2.11. The Morgan fingerprint density at radius 3 is 2.55 bits per heavy atom. The zero-order valence-electron chi connectivity index (χ0n) is 11.7. The van der Waals surface area contributed by atoms with E-state index in [1.165, 1.54) is 5.39 Å². The molecule has 0 amide bonds. The Bertz CT molecular complexity index is 1120. The van der Waals surface area contributed by atoms with Crippen molar-refractivity contribution in [1.29, 1.82) is 0 Å². The standard InChI is InChI=1S/C20H11ClO/c21-17-7-3-6-14-15(17)9-12-10-18(22)16-8-11-4-1-2-5-13(11)20(14)19(12)16/h1-9H,10H2. The van der Waals surface area contributed by atoms with Crippen molar-refractivity contribution in [3.05, 3.63) is 70.7 Å². The average molecular weight is 303 g/mol. The lowest BCUT2D eigenvalue weighted by molar-refractivity contribution is 0.1000. The van der Waals surface area contributed by atoms with Crippen LogP contribution in [0.25, 0.3) is 32.3 Å². The summed E-state index contributed by atoms with van der Waals surface area (Å²) in [6, 6.07) is 18.4. The Labute approximate surface area is 132 Å². The maximum absolute atomic E-state index is 12.4. The molecule has 0 atom stereocenters. The summed E-state index contributed by atoms with van der Waals surface area (Å²) in [7, 11) is 0. The van der Waals surface area contributed by atoms with Crippen LogP contribution in [0, 0.1) is 0 Å². The van der Waals surface area contributed by atoms with E-state index in [-0.39, 0.29) is 5.78 Å². The summed E-state index contributed by atoms with van der Waals surface area (Å²) in [5.74, 6) is 0.206. The molecule has 0 aromatic heterocycles. The number of carbonyl (C=O) groups excluding carboxylic acids is 1. The highest BCUT2D eigenvalue weighted by Crippen LogP contribution is 2.42. The van der Waals surface area contributed by atoms with Crippen LogP contribution in [0.5, 0.6) is 0 Å². The van der Waals surface area contributed by atoms with Crippen molar-refractivity contribution in [3.8, 4) is 0 Å². The van der Waals surface area contributed by atoms with Crippen molar-refractivity contribution in [2.75, 3.05) is 0 Å². The van der Waals surface area contributed by atoms with Crippen molar-refractivity contribution >= 4 is 49.7 Å². The molecule has 4 aromatic carbocycles. The van der Waals surface area contributed by atoms with Gasteiger partial charge in [0.05, 0.1) is 0 Å². The molecule has 0 saturated heterocycles. The fourth-order valence-electron chi connectivity index (χ4n) is 3.74. The number of benzene rings is 4. The number of hydrogen-bond acceptors (Lipinski definition) is 1. The smallest absolute Gasteiger partial charge is 0.167 e. The first-order valence-electron chi connectivity index (χ1n) is 7.33. The van der Waals surface area contributed by atoms with E-state index in [9.17, 15) is 4.79 Å². The second-order valence-corrected chi connectivity index (χ2v) is 6.27. The third-order valence-electron chi connectivity index (χ3n) is 4.66. The van der Waals surface area contributed by atoms with Crippen LogP contribution in [0.1, 0.15) is 15.9 Å². The monoisotopic (exact) mass is 302 g/mol. The lowest BCUT2D eigenvalue weighted by atomic mass is 9.93. The SMILES string of the molecule is O=C1Cc2cc3c(Cl)cccc3c3c2c1cc1ccccc13. The highest BCUT2D eigenvalue weighted by Gasteiger charge is 2.25. The summed E-state index contributed by atoms with van der Waals surface area (Å²) in [6.07, 6.45) is 0.476. The molecule has 4 aromatic rings. The van der Waals surface area contributed by atoms with E-state index in [1.807, 2.05) is 30.3 Å². The van der Waals surface area contributed by atoms with Crippen molar-refractivity contribution in [1.82, 2.24) is 0 Å². The summed E-state index contributed by atoms with van der Waals surface area (Å²) in [5, 5.41) is 7.46. The predicted octanol–water partition coefficient (Wildman–Crippen LogP) is 5.54. The molecule has 0 heterocycles. The highest BCUT2D eigenvalue weighted by atomic mass is 35.5. The van der Waals surface area contributed by atoms with Crippen LogP contribution in [-0.4, -0.2) is 5.78 Å². The molecule has 0 saturated carbocycles. The third kappa shape index (κ3) is 1.42. The number of halogens is 1. The molecule has 0 fully saturated rings. The Morgan fingerprint density at radius 2 is 1.64 bits per heavy atom. The molecule has 5 rings (SSSR count). The molecule has 0 unspecified atom stereocenters. The van der Waals surface area contributed by atoms with Gasteiger partial charge in [-0.15, -0.1) is 0 Å². The topological polar surface area (TPSA) is 17.1 Å². The van der Waals surface area contributed by atoms with Gasteiger partial charge in [0.25, 0.3) is 0 Å². The molecular formula is C20H11ClO. The van der Waals surface area contributed by atoms with Crippen LogP contribution in [0.2, 0.25) is 5.02 Å². The number of ketones is 1. The molecule has 1 aliphatic carbocycles. The van der Waals surface area contributed by atoms with E-state index in [0.717, 1.165) is 43.1 Å². The maximum Gasteiger partial charge on any atom is 0.167 e. The second kappa shape index (κ2) is 4.08. The van der Waals surface area contributed by atoms with Crippen LogP contribution in [0.15, 0.2) is 54.6 Å². The first kappa shape index (κ1) is 12.2. The van der Waals surface area contributed by atoms with E-state index in [2.05, 4.69) is 24.3 Å². The molecule has 1 aliphatic rings. The number of rotatable bonds is 0. The highest BCUT2D eigenvalue weighted by molar-refractivity contribution is 6.38. The Hall–Kier alpha value is -2.38. The summed E-state index contributed by atoms with van der Waals surface area (Å²) in [4.78, 5) is 12.4. The van der Waals surface area contributed by atoms with Crippen LogP contribution in [0.4, 0.5) is 0 Å². The molecule has 0 radical (unpaired) electrons. The zero-order valence-corrected chi connectivity index (χ0v) is 12.4. The van der Waals surface area contributed by atoms with Gasteiger partial charge in [0.1, 0.15) is 0 Å². The van der Waals surface area contributed by atoms with E-state index in [0.29, 0.717) is 6.42 Å². The molecule has 104 valence electrons. The van der Waals surface area contributed by atoms with Gasteiger partial charge in [-0.25, -0.2) is 0 Å². The zero-order chi connectivity index (χ0) is 14.8. The van der Waals surface area contributed by atoms with Crippen molar-refractivity contribution < 1.29 is 4.79 Å². The van der Waals surface area contributed by atoms with Gasteiger partial charge in [0, 0.05) is 22.4 Å². The van der Waals surface area contributed by atoms with Crippen LogP contribution in [-0.2, 0) is 6.42 Å². The fraction of sp³-hybridized carbons (Fsp3) is 0.0500. The van der Waals surface area contributed by atoms with E-state index in [1.54, 1.807) is 0 Å². The minimum atomic E-state index is 0.206. The summed E-state index contributed by atoms with van der Waals surface area (Å²) in [5.41, 5.74) is 1.95. The molecule has 1 nitrogen and oxygen atoms in total. The van der Waals surface area contributed by atoms with E-state index >= 15 is 0 Å². The summed E-state index contributed by atoms with van der Waals surface area (Å²) < 4.78 is 0. The quantitative estimate of drug-likeness (QED) is 0.390. The summed E-state index contributed by atoms with van der Waals surface area (Å²) >= 11 is 6.41. The Morgan fingerprint density at radius 1 is 0.818 bits per heavy atom. The minimum Gasteiger partial charge on any atom is -0.294 e. The molecule has 22 heavy (non-hydrogen) atoms. The molecule has 2 heteroatoms. The number of carbonyl (C=O) groups is 1. The number of hydrogen-bond donors (Lipinski definition) is 0. The predicted molar refractivity (Wildman–Crippen MR) is 92.0 cm³/mol. The average Bonchev–Trinajstić information content (AvgIpc) is 2.84. The Kier molecular flexibility index (Phi) is 2.26. The number of fused-ring (bicyclic) bond motifs is 4. The number of Topliss-reactive ketones (excluding diaryl/α,β-unsaturated/α-hetero) is 1. The Balaban J connectivity index is 2.20. The summed E-state index contributed by atoms with van der Waals surface area (Å²) in [6.45, 7) is 0. The third-order valence-corrected chi connectivity index (χ3v) is 4.99. The molecule has 0 aliphatic heterocycles. The second-order valence-electron chi connectivity index (χ2n) is 5.87. The van der Waals surface area contributed by atoms with Gasteiger partial charge in [0.15, 0.2) is 5.78 Å². The normalized spacial score (nSPS) is 13.6. The van der Waals surface area contributed by atoms with Gasteiger partial charge in [-0.05, 0) is 50.7 Å². The van der Waals surface area contributed by atoms with Gasteiger partial charge < -0.3 is 0 Å². The van der Waals surface area contributed by atoms with E-state index in [4.69, 9.17) is 11.6 Å². The fourth-order valence-corrected chi connectivity index (χ4v) is 3.97. The van der Waals surface area contributed by atoms with Crippen LogP contribution in [0.3, 0.4) is 0 Å². The van der Waals surface area contributed by atoms with Gasteiger partial charge in [-0.3, -0.25) is 4.79 Å². The van der Waals surface area contributed by atoms with Crippen molar-refractivity contribution in [2.24, 2.45) is 0 Å². The van der Waals surface area contributed by atoms with Gasteiger partial charge in [-0.2, -0.15) is 0 Å². The molecule has 0 N–H and O–H groups in total. The van der Waals surface area contributed by atoms with Gasteiger partial charge >= 0.3 is 0 Å². The first-order chi connectivity index (χ1) is 10.7. The first-order valence-corrected chi connectivity index (χ1v) is 7.70. The van der Waals surface area contributed by atoms with Gasteiger partial charge in [-0.1, -0.05) is 48.0 Å². The molecule has 0 spiro atoms. The van der Waals surface area contributed by atoms with Crippen molar-refractivity contribution in [3.63, 3.8) is 0 Å². The molecular weight excluding hydrogens is 292 g/mol. The van der Waals surface area contributed by atoms with E-state index < -0.39 is 0 Å².